The summed E-state index contributed by atoms with van der Waals surface area (Å²) in [5.74, 6) is 0.562. The van der Waals surface area contributed by atoms with Gasteiger partial charge in [-0.2, -0.15) is 5.10 Å². The number of rotatable bonds is 2. The SMILES string of the molecule is Cn1ncnc1C1COCCN1C(=O)c1cc(=O)[nH]c2c1CCCC2. The van der Waals surface area contributed by atoms with Crippen LogP contribution in [-0.4, -0.2) is 50.3 Å². The Bertz CT molecular complexity index is 856. The third-order valence-corrected chi connectivity index (χ3v) is 5.01. The van der Waals surface area contributed by atoms with Crippen LogP contribution in [0, 0.1) is 0 Å². The van der Waals surface area contributed by atoms with E-state index in [-0.39, 0.29) is 17.5 Å². The molecule has 2 aromatic heterocycles. The number of aromatic nitrogens is 4. The van der Waals surface area contributed by atoms with E-state index in [2.05, 4.69) is 15.1 Å². The van der Waals surface area contributed by atoms with Gasteiger partial charge in [0.05, 0.1) is 13.2 Å². The molecule has 3 heterocycles. The average Bonchev–Trinajstić information content (AvgIpc) is 3.06. The number of nitrogens with zero attached hydrogens (tertiary/aromatic N) is 4. The van der Waals surface area contributed by atoms with Crippen LogP contribution in [0.5, 0.6) is 0 Å². The second-order valence-corrected chi connectivity index (χ2v) is 6.54. The second-order valence-electron chi connectivity index (χ2n) is 6.54. The summed E-state index contributed by atoms with van der Waals surface area (Å²) in [4.78, 5) is 34.3. The lowest BCUT2D eigenvalue weighted by atomic mass is 9.91. The second kappa shape index (κ2) is 6.44. The number of aromatic amines is 1. The van der Waals surface area contributed by atoms with Crippen LogP contribution in [0.2, 0.25) is 0 Å². The number of aryl methyl sites for hydroxylation is 2. The van der Waals surface area contributed by atoms with Gasteiger partial charge in [0.1, 0.15) is 12.4 Å². The molecule has 0 saturated carbocycles. The van der Waals surface area contributed by atoms with Crippen LogP contribution in [0.25, 0.3) is 0 Å². The minimum absolute atomic E-state index is 0.124. The zero-order valence-electron chi connectivity index (χ0n) is 14.2. The van der Waals surface area contributed by atoms with Crippen molar-refractivity contribution in [3.05, 3.63) is 45.4 Å². The first kappa shape index (κ1) is 16.0. The Morgan fingerprint density at radius 3 is 3.00 bits per heavy atom. The van der Waals surface area contributed by atoms with Crippen molar-refractivity contribution in [2.75, 3.05) is 19.8 Å². The summed E-state index contributed by atoms with van der Waals surface area (Å²) in [6, 6.07) is 1.14. The Labute approximate surface area is 144 Å². The van der Waals surface area contributed by atoms with Gasteiger partial charge in [0.15, 0.2) is 5.82 Å². The minimum Gasteiger partial charge on any atom is -0.377 e. The van der Waals surface area contributed by atoms with Crippen LogP contribution in [0.3, 0.4) is 0 Å². The number of hydrogen-bond donors (Lipinski definition) is 1. The molecule has 1 aliphatic heterocycles. The molecular weight excluding hydrogens is 322 g/mol. The molecule has 1 aliphatic carbocycles. The highest BCUT2D eigenvalue weighted by molar-refractivity contribution is 5.96. The summed E-state index contributed by atoms with van der Waals surface area (Å²) >= 11 is 0. The van der Waals surface area contributed by atoms with E-state index in [1.807, 2.05) is 0 Å². The summed E-state index contributed by atoms with van der Waals surface area (Å²) in [5, 5.41) is 4.10. The Morgan fingerprint density at radius 1 is 1.36 bits per heavy atom. The van der Waals surface area contributed by atoms with Gasteiger partial charge in [0.2, 0.25) is 5.56 Å². The monoisotopic (exact) mass is 343 g/mol. The molecule has 1 unspecified atom stereocenters. The predicted molar refractivity (Wildman–Crippen MR) is 89.3 cm³/mol. The first-order valence-electron chi connectivity index (χ1n) is 8.63. The molecule has 1 saturated heterocycles. The van der Waals surface area contributed by atoms with Gasteiger partial charge in [0.25, 0.3) is 5.91 Å². The molecule has 2 aromatic rings. The maximum Gasteiger partial charge on any atom is 0.255 e. The van der Waals surface area contributed by atoms with Crippen molar-refractivity contribution in [1.29, 1.82) is 0 Å². The van der Waals surface area contributed by atoms with Crippen molar-refractivity contribution in [3.63, 3.8) is 0 Å². The van der Waals surface area contributed by atoms with E-state index < -0.39 is 0 Å². The highest BCUT2D eigenvalue weighted by atomic mass is 16.5. The molecule has 0 bridgehead atoms. The number of H-pyrrole nitrogens is 1. The molecule has 1 atom stereocenters. The van der Waals surface area contributed by atoms with Crippen LogP contribution in [0.4, 0.5) is 0 Å². The highest BCUT2D eigenvalue weighted by Gasteiger charge is 2.34. The van der Waals surface area contributed by atoms with E-state index in [9.17, 15) is 9.59 Å². The maximum absolute atomic E-state index is 13.3. The van der Waals surface area contributed by atoms with Gasteiger partial charge in [-0.25, -0.2) is 4.98 Å². The van der Waals surface area contributed by atoms with Crippen LogP contribution in [0.1, 0.15) is 46.3 Å². The largest absolute Gasteiger partial charge is 0.377 e. The molecule has 4 rings (SSSR count). The number of nitrogens with one attached hydrogen (secondary N) is 1. The van der Waals surface area contributed by atoms with E-state index >= 15 is 0 Å². The van der Waals surface area contributed by atoms with Crippen molar-refractivity contribution in [1.82, 2.24) is 24.6 Å². The van der Waals surface area contributed by atoms with Crippen molar-refractivity contribution in [2.45, 2.75) is 31.7 Å². The van der Waals surface area contributed by atoms with Crippen LogP contribution < -0.4 is 5.56 Å². The molecule has 25 heavy (non-hydrogen) atoms. The van der Waals surface area contributed by atoms with Gasteiger partial charge >= 0.3 is 0 Å². The summed E-state index contributed by atoms with van der Waals surface area (Å²) < 4.78 is 7.23. The highest BCUT2D eigenvalue weighted by Crippen LogP contribution is 2.27. The number of carbonyl (C=O) groups excluding carboxylic acids is 1. The van der Waals surface area contributed by atoms with E-state index in [0.29, 0.717) is 31.1 Å². The zero-order valence-corrected chi connectivity index (χ0v) is 14.2. The Kier molecular flexibility index (Phi) is 4.12. The first-order valence-corrected chi connectivity index (χ1v) is 8.63. The minimum atomic E-state index is -0.299. The summed E-state index contributed by atoms with van der Waals surface area (Å²) in [7, 11) is 1.80. The average molecular weight is 343 g/mol. The van der Waals surface area contributed by atoms with Gasteiger partial charge in [-0.15, -0.1) is 0 Å². The topological polar surface area (TPSA) is 93.1 Å². The number of pyridine rings is 1. The Hall–Kier alpha value is -2.48. The van der Waals surface area contributed by atoms with Crippen molar-refractivity contribution in [3.8, 4) is 0 Å². The molecule has 0 aromatic carbocycles. The third kappa shape index (κ3) is 2.86. The summed E-state index contributed by atoms with van der Waals surface area (Å²) in [6.45, 7) is 1.33. The van der Waals surface area contributed by atoms with Crippen LogP contribution in [0.15, 0.2) is 17.2 Å². The number of morpholine rings is 1. The van der Waals surface area contributed by atoms with Crippen molar-refractivity contribution >= 4 is 5.91 Å². The van der Waals surface area contributed by atoms with Crippen molar-refractivity contribution in [2.24, 2.45) is 7.05 Å². The quantitative estimate of drug-likeness (QED) is 0.862. The maximum atomic E-state index is 13.3. The van der Waals surface area contributed by atoms with Gasteiger partial charge in [-0.3, -0.25) is 14.3 Å². The third-order valence-electron chi connectivity index (χ3n) is 5.01. The molecule has 8 heteroatoms. The molecule has 2 aliphatic rings. The van der Waals surface area contributed by atoms with E-state index in [4.69, 9.17) is 4.74 Å². The molecular formula is C17H21N5O3. The standard InChI is InChI=1S/C17H21N5O3/c1-21-16(18-10-19-21)14-9-25-7-6-22(14)17(24)12-8-15(23)20-13-5-3-2-4-11(12)13/h8,10,14H,2-7,9H2,1H3,(H,20,23). The lowest BCUT2D eigenvalue weighted by molar-refractivity contribution is -0.00627. The fourth-order valence-corrected chi connectivity index (χ4v) is 3.76. The molecule has 1 N–H and O–H groups in total. The fourth-order valence-electron chi connectivity index (χ4n) is 3.76. The lowest BCUT2D eigenvalue weighted by Gasteiger charge is -2.35. The van der Waals surface area contributed by atoms with Crippen LogP contribution in [-0.2, 0) is 24.6 Å². The van der Waals surface area contributed by atoms with Crippen molar-refractivity contribution < 1.29 is 9.53 Å². The zero-order chi connectivity index (χ0) is 17.4. The van der Waals surface area contributed by atoms with Gasteiger partial charge in [-0.05, 0) is 31.2 Å². The molecule has 1 amide bonds. The number of ether oxygens (including phenoxy) is 1. The first-order chi connectivity index (χ1) is 12.1. The normalized spacial score (nSPS) is 20.4. The smallest absolute Gasteiger partial charge is 0.255 e. The predicted octanol–water partition coefficient (Wildman–Crippen LogP) is 0.596. The van der Waals surface area contributed by atoms with Gasteiger partial charge in [-0.1, -0.05) is 0 Å². The molecule has 8 nitrogen and oxygen atoms in total. The Morgan fingerprint density at radius 2 is 2.20 bits per heavy atom. The van der Waals surface area contributed by atoms with E-state index in [1.54, 1.807) is 16.6 Å². The van der Waals surface area contributed by atoms with Gasteiger partial charge < -0.3 is 14.6 Å². The molecule has 0 radical (unpaired) electrons. The number of amides is 1. The van der Waals surface area contributed by atoms with E-state index in [1.165, 1.54) is 12.4 Å². The Balaban J connectivity index is 1.73. The number of fused-ring (bicyclic) bond motifs is 1. The fraction of sp³-hybridized carbons (Fsp3) is 0.529. The summed E-state index contributed by atoms with van der Waals surface area (Å²) in [5.41, 5.74) is 2.20. The molecule has 0 spiro atoms. The van der Waals surface area contributed by atoms with Crippen LogP contribution >= 0.6 is 0 Å². The van der Waals surface area contributed by atoms with E-state index in [0.717, 1.165) is 36.9 Å². The molecule has 1 fully saturated rings. The lowest BCUT2D eigenvalue weighted by Crippen LogP contribution is -2.45. The molecule has 132 valence electrons. The summed E-state index contributed by atoms with van der Waals surface area (Å²) in [6.07, 6.45) is 5.20. The number of hydrogen-bond acceptors (Lipinski definition) is 5. The van der Waals surface area contributed by atoms with Gasteiger partial charge in [0, 0.05) is 30.9 Å². The number of carbonyl (C=O) groups is 1.